The molecule has 54 heavy (non-hydrogen) atoms. The van der Waals surface area contributed by atoms with Crippen molar-refractivity contribution in [3.8, 4) is 17.3 Å². The number of anilines is 3. The van der Waals surface area contributed by atoms with Crippen molar-refractivity contribution in [3.05, 3.63) is 107 Å². The summed E-state index contributed by atoms with van der Waals surface area (Å²) in [4.78, 5) is 56.8. The summed E-state index contributed by atoms with van der Waals surface area (Å²) >= 11 is 5.50. The van der Waals surface area contributed by atoms with Gasteiger partial charge in [0.15, 0.2) is 10.9 Å². The van der Waals surface area contributed by atoms with Crippen LogP contribution in [0.2, 0.25) is 0 Å². The molecule has 5 rings (SSSR count). The Kier molecular flexibility index (Phi) is 10.7. The highest BCUT2D eigenvalue weighted by Crippen LogP contribution is 2.42. The van der Waals surface area contributed by atoms with Crippen LogP contribution in [0.4, 0.5) is 34.6 Å². The minimum Gasteiger partial charge on any atom is -0.346 e. The fourth-order valence-corrected chi connectivity index (χ4v) is 6.32. The number of amides is 3. The van der Waals surface area contributed by atoms with E-state index in [1.807, 2.05) is 20.8 Å². The van der Waals surface area contributed by atoms with Crippen LogP contribution in [-0.4, -0.2) is 45.7 Å². The molecule has 0 aliphatic carbocycles. The average molecular weight is 759 g/mol. The number of thiocarbonyl (C=S) groups is 1. The lowest BCUT2D eigenvalue weighted by atomic mass is 9.87. The van der Waals surface area contributed by atoms with E-state index in [4.69, 9.17) is 17.5 Å². The smallest absolute Gasteiger partial charge is 0.346 e. The van der Waals surface area contributed by atoms with Gasteiger partial charge in [0.2, 0.25) is 5.91 Å². The number of nitrogens with one attached hydrogen (secondary N) is 2. The van der Waals surface area contributed by atoms with Gasteiger partial charge in [-0.3, -0.25) is 24.3 Å². The van der Waals surface area contributed by atoms with Crippen molar-refractivity contribution in [2.45, 2.75) is 58.8 Å². The Hall–Kier alpha value is -6.01. The number of hydrogen-bond donors (Lipinski definition) is 2. The van der Waals surface area contributed by atoms with Gasteiger partial charge < -0.3 is 20.3 Å². The molecule has 1 saturated heterocycles. The van der Waals surface area contributed by atoms with Gasteiger partial charge in [0.1, 0.15) is 17.4 Å². The zero-order valence-corrected chi connectivity index (χ0v) is 30.5. The van der Waals surface area contributed by atoms with Crippen molar-refractivity contribution in [2.75, 3.05) is 15.1 Å². The van der Waals surface area contributed by atoms with Gasteiger partial charge in [0.05, 0.1) is 47.4 Å². The van der Waals surface area contributed by atoms with E-state index in [1.54, 1.807) is 60.7 Å². The number of nitrogens with zero attached hydrogens (tertiary/aromatic N) is 4. The lowest BCUT2D eigenvalue weighted by Gasteiger charge is -2.29. The molecular formula is C39H34F4N6O4S. The summed E-state index contributed by atoms with van der Waals surface area (Å²) in [6, 6.07) is 19.0. The SMILES string of the molecule is CC(C)(C)[C@@H](C=O)NC(=O)Cc1ccc(C(=O)Nc2ccc(-c3ccc(N4C(=S)N(c5ccc(C#N)c(C(F)(F)F)c5F)C(=O)C4(C)C)cn3)cc2)cc1. The van der Waals surface area contributed by atoms with Crippen molar-refractivity contribution in [1.29, 1.82) is 5.26 Å². The third-order valence-corrected chi connectivity index (χ3v) is 9.21. The van der Waals surface area contributed by atoms with Crippen molar-refractivity contribution in [2.24, 2.45) is 5.41 Å². The first-order chi connectivity index (χ1) is 25.3. The zero-order chi connectivity index (χ0) is 39.7. The molecule has 1 aromatic heterocycles. The number of rotatable bonds is 9. The minimum atomic E-state index is -5.20. The normalized spacial score (nSPS) is 14.7. The van der Waals surface area contributed by atoms with Gasteiger partial charge in [-0.25, -0.2) is 4.39 Å². The second-order valence-corrected chi connectivity index (χ2v) is 14.5. The molecule has 1 fully saturated rings. The molecule has 0 spiro atoms. The summed E-state index contributed by atoms with van der Waals surface area (Å²) in [7, 11) is 0. The molecule has 3 aromatic carbocycles. The first-order valence-electron chi connectivity index (χ1n) is 16.5. The van der Waals surface area contributed by atoms with Gasteiger partial charge in [-0.15, -0.1) is 0 Å². The predicted octanol–water partition coefficient (Wildman–Crippen LogP) is 7.22. The second-order valence-electron chi connectivity index (χ2n) is 14.1. The van der Waals surface area contributed by atoms with E-state index < -0.39 is 51.7 Å². The third kappa shape index (κ3) is 7.84. The quantitative estimate of drug-likeness (QED) is 0.104. The number of halogens is 4. The van der Waals surface area contributed by atoms with E-state index in [-0.39, 0.29) is 23.3 Å². The lowest BCUT2D eigenvalue weighted by Crippen LogP contribution is -2.45. The number of aldehydes is 1. The van der Waals surface area contributed by atoms with Gasteiger partial charge >= 0.3 is 6.18 Å². The number of carbonyl (C=O) groups is 4. The molecule has 1 aliphatic rings. The third-order valence-electron chi connectivity index (χ3n) is 8.85. The Balaban J connectivity index is 1.26. The molecule has 278 valence electrons. The molecule has 0 radical (unpaired) electrons. The van der Waals surface area contributed by atoms with Crippen LogP contribution in [-0.2, 0) is 27.0 Å². The van der Waals surface area contributed by atoms with Crippen LogP contribution < -0.4 is 20.4 Å². The summed E-state index contributed by atoms with van der Waals surface area (Å²) in [6.07, 6.45) is -3.02. The first kappa shape index (κ1) is 39.2. The molecule has 0 bridgehead atoms. The molecule has 15 heteroatoms. The van der Waals surface area contributed by atoms with Crippen LogP contribution in [0.5, 0.6) is 0 Å². The van der Waals surface area contributed by atoms with Crippen molar-refractivity contribution in [3.63, 3.8) is 0 Å². The topological polar surface area (TPSA) is 136 Å². The van der Waals surface area contributed by atoms with Gasteiger partial charge in [-0.1, -0.05) is 45.0 Å². The van der Waals surface area contributed by atoms with Crippen LogP contribution in [0.25, 0.3) is 11.3 Å². The summed E-state index contributed by atoms with van der Waals surface area (Å²) < 4.78 is 56.4. The number of pyridine rings is 1. The molecule has 2 heterocycles. The van der Waals surface area contributed by atoms with E-state index in [0.29, 0.717) is 44.9 Å². The Bertz CT molecular complexity index is 2180. The maximum absolute atomic E-state index is 15.3. The van der Waals surface area contributed by atoms with Gasteiger partial charge in [0, 0.05) is 16.8 Å². The lowest BCUT2D eigenvalue weighted by molar-refractivity contribution is -0.140. The van der Waals surface area contributed by atoms with Gasteiger partial charge in [-0.05, 0) is 85.6 Å². The van der Waals surface area contributed by atoms with Crippen LogP contribution in [0.15, 0.2) is 79.0 Å². The molecule has 3 amide bonds. The van der Waals surface area contributed by atoms with E-state index in [2.05, 4.69) is 15.6 Å². The Morgan fingerprint density at radius 3 is 2.19 bits per heavy atom. The van der Waals surface area contributed by atoms with Gasteiger partial charge in [-0.2, -0.15) is 18.4 Å². The molecule has 10 nitrogen and oxygen atoms in total. The molecular weight excluding hydrogens is 725 g/mol. The maximum Gasteiger partial charge on any atom is 0.420 e. The molecule has 0 saturated carbocycles. The molecule has 0 unspecified atom stereocenters. The van der Waals surface area contributed by atoms with E-state index in [1.165, 1.54) is 31.0 Å². The van der Waals surface area contributed by atoms with Crippen molar-refractivity contribution < 1.29 is 36.7 Å². The van der Waals surface area contributed by atoms with Crippen LogP contribution in [0.3, 0.4) is 0 Å². The van der Waals surface area contributed by atoms with E-state index in [9.17, 15) is 32.3 Å². The van der Waals surface area contributed by atoms with Crippen LogP contribution >= 0.6 is 12.2 Å². The average Bonchev–Trinajstić information content (AvgIpc) is 3.28. The first-order valence-corrected chi connectivity index (χ1v) is 16.9. The number of alkyl halides is 3. The Labute approximate surface area is 313 Å². The Morgan fingerprint density at radius 1 is 1.00 bits per heavy atom. The summed E-state index contributed by atoms with van der Waals surface area (Å²) in [6.45, 7) is 8.53. The summed E-state index contributed by atoms with van der Waals surface area (Å²) in [5, 5.41) is 14.4. The minimum absolute atomic E-state index is 0.0442. The maximum atomic E-state index is 15.3. The fourth-order valence-electron chi connectivity index (χ4n) is 5.80. The monoisotopic (exact) mass is 758 g/mol. The molecule has 1 aliphatic heterocycles. The van der Waals surface area contributed by atoms with E-state index >= 15 is 4.39 Å². The summed E-state index contributed by atoms with van der Waals surface area (Å²) in [5.74, 6) is -3.26. The number of benzene rings is 3. The zero-order valence-electron chi connectivity index (χ0n) is 29.7. The second kappa shape index (κ2) is 14.8. The highest BCUT2D eigenvalue weighted by molar-refractivity contribution is 7.81. The number of carbonyl (C=O) groups excluding carboxylic acids is 4. The number of aromatic nitrogens is 1. The fraction of sp³-hybridized carbons (Fsp3) is 0.256. The predicted molar refractivity (Wildman–Crippen MR) is 198 cm³/mol. The largest absolute Gasteiger partial charge is 0.420 e. The number of hydrogen-bond acceptors (Lipinski definition) is 7. The highest BCUT2D eigenvalue weighted by Gasteiger charge is 2.52. The number of nitriles is 1. The molecule has 4 aromatic rings. The standard InChI is InChI=1S/C39H34F4N6O4S/c1-37(2,3)30(21-50)47-31(51)18-22-6-8-24(9-7-22)34(52)46-26-13-10-23(11-14-26)28-16-15-27(20-45-28)49-36(54)48(35(53)38(49,4)5)29-17-12-25(19-44)32(33(29)40)39(41,42)43/h6-17,20-21,30H,18H2,1-5H3,(H,46,52)(H,47,51)/t30-/m1/s1. The van der Waals surface area contributed by atoms with E-state index in [0.717, 1.165) is 12.1 Å². The highest BCUT2D eigenvalue weighted by atomic mass is 32.1. The Morgan fingerprint density at radius 2 is 1.65 bits per heavy atom. The summed E-state index contributed by atoms with van der Waals surface area (Å²) in [5.41, 5.74) is -2.28. The molecule has 2 N–H and O–H groups in total. The van der Waals surface area contributed by atoms with Crippen LogP contribution in [0.1, 0.15) is 61.7 Å². The van der Waals surface area contributed by atoms with Crippen molar-refractivity contribution in [1.82, 2.24) is 10.3 Å². The molecule has 1 atom stereocenters. The van der Waals surface area contributed by atoms with Crippen LogP contribution in [0, 0.1) is 22.6 Å². The van der Waals surface area contributed by atoms with Gasteiger partial charge in [0.25, 0.3) is 11.8 Å². The van der Waals surface area contributed by atoms with Crippen molar-refractivity contribution >= 4 is 58.4 Å².